The van der Waals surface area contributed by atoms with Gasteiger partial charge in [-0.2, -0.15) is 0 Å². The number of benzene rings is 1. The second-order valence-electron chi connectivity index (χ2n) is 6.67. The summed E-state index contributed by atoms with van der Waals surface area (Å²) in [5.74, 6) is -1.23. The molecule has 0 spiro atoms. The molecular formula is C20H23N3O3. The van der Waals surface area contributed by atoms with Crippen molar-refractivity contribution in [3.05, 3.63) is 66.0 Å². The molecule has 0 radical (unpaired) electrons. The van der Waals surface area contributed by atoms with E-state index in [9.17, 15) is 14.7 Å². The molecule has 1 aromatic heterocycles. The fourth-order valence-electron chi connectivity index (χ4n) is 3.48. The van der Waals surface area contributed by atoms with Gasteiger partial charge in [-0.05, 0) is 37.6 Å². The van der Waals surface area contributed by atoms with Gasteiger partial charge in [0.05, 0.1) is 5.56 Å². The van der Waals surface area contributed by atoms with Gasteiger partial charge in [-0.15, -0.1) is 0 Å². The number of carbonyl (C=O) groups excluding carboxylic acids is 1. The molecule has 2 heterocycles. The predicted octanol–water partition coefficient (Wildman–Crippen LogP) is 2.27. The molecule has 0 unspecified atom stereocenters. The van der Waals surface area contributed by atoms with Crippen molar-refractivity contribution < 1.29 is 14.7 Å². The molecule has 1 saturated heterocycles. The molecule has 1 fully saturated rings. The maximum absolute atomic E-state index is 12.7. The summed E-state index contributed by atoms with van der Waals surface area (Å²) in [6.45, 7) is 1.18. The Morgan fingerprint density at radius 3 is 2.65 bits per heavy atom. The van der Waals surface area contributed by atoms with Gasteiger partial charge in [0.15, 0.2) is 0 Å². The number of carbonyl (C=O) groups is 2. The van der Waals surface area contributed by atoms with E-state index in [0.29, 0.717) is 18.5 Å². The molecule has 1 aliphatic heterocycles. The Hall–Kier alpha value is -2.73. The largest absolute Gasteiger partial charge is 0.480 e. The first-order valence-corrected chi connectivity index (χ1v) is 8.74. The molecule has 136 valence electrons. The lowest BCUT2D eigenvalue weighted by Gasteiger charge is -2.40. The van der Waals surface area contributed by atoms with Gasteiger partial charge in [0.25, 0.3) is 5.91 Å². The van der Waals surface area contributed by atoms with Crippen LogP contribution in [0.1, 0.15) is 28.8 Å². The van der Waals surface area contributed by atoms with E-state index in [-0.39, 0.29) is 11.9 Å². The number of aliphatic carboxylic acids is 1. The first kappa shape index (κ1) is 18.1. The fraction of sp³-hybridized carbons (Fsp3) is 0.350. The van der Waals surface area contributed by atoms with Crippen LogP contribution in [0.4, 0.5) is 0 Å². The Balaban J connectivity index is 1.70. The summed E-state index contributed by atoms with van der Waals surface area (Å²) in [7, 11) is 2.01. The lowest BCUT2D eigenvalue weighted by Crippen LogP contribution is -2.54. The van der Waals surface area contributed by atoms with E-state index in [1.165, 1.54) is 16.7 Å². The molecule has 1 amide bonds. The molecule has 3 rings (SSSR count). The Kier molecular flexibility index (Phi) is 5.63. The first-order valence-electron chi connectivity index (χ1n) is 8.74. The van der Waals surface area contributed by atoms with Crippen LogP contribution in [0.2, 0.25) is 0 Å². The summed E-state index contributed by atoms with van der Waals surface area (Å²) in [4.78, 5) is 32.1. The molecule has 6 nitrogen and oxygen atoms in total. The van der Waals surface area contributed by atoms with Crippen molar-refractivity contribution in [3.63, 3.8) is 0 Å². The van der Waals surface area contributed by atoms with Gasteiger partial charge in [-0.3, -0.25) is 14.7 Å². The number of hydrogen-bond acceptors (Lipinski definition) is 4. The maximum Gasteiger partial charge on any atom is 0.326 e. The average molecular weight is 353 g/mol. The third-order valence-corrected chi connectivity index (χ3v) is 4.93. The van der Waals surface area contributed by atoms with E-state index in [2.05, 4.69) is 22.0 Å². The summed E-state index contributed by atoms with van der Waals surface area (Å²) in [6.07, 6.45) is 4.24. The molecule has 0 bridgehead atoms. The zero-order valence-corrected chi connectivity index (χ0v) is 14.8. The number of likely N-dealkylation sites (tertiary alicyclic amines) is 1. The van der Waals surface area contributed by atoms with Crippen molar-refractivity contribution in [1.29, 1.82) is 0 Å². The van der Waals surface area contributed by atoms with E-state index in [1.54, 1.807) is 18.3 Å². The van der Waals surface area contributed by atoms with Gasteiger partial charge in [0.1, 0.15) is 6.04 Å². The van der Waals surface area contributed by atoms with Crippen molar-refractivity contribution in [2.45, 2.75) is 31.5 Å². The molecule has 6 heteroatoms. The SMILES string of the molecule is CN(Cc1ccccc1)[C@H]1CCN(C(=O)c2cccnc2)[C@H](C(=O)O)C1. The Morgan fingerprint density at radius 2 is 2.00 bits per heavy atom. The van der Waals surface area contributed by atoms with Gasteiger partial charge in [-0.25, -0.2) is 4.79 Å². The number of piperidine rings is 1. The van der Waals surface area contributed by atoms with Gasteiger partial charge >= 0.3 is 5.97 Å². The summed E-state index contributed by atoms with van der Waals surface area (Å²) in [6, 6.07) is 12.8. The second-order valence-corrected chi connectivity index (χ2v) is 6.67. The molecule has 2 atom stereocenters. The third-order valence-electron chi connectivity index (χ3n) is 4.93. The Labute approximate surface area is 153 Å². The van der Waals surface area contributed by atoms with Crippen molar-refractivity contribution in [3.8, 4) is 0 Å². The zero-order chi connectivity index (χ0) is 18.5. The monoisotopic (exact) mass is 353 g/mol. The van der Waals surface area contributed by atoms with Gasteiger partial charge in [0, 0.05) is 31.5 Å². The summed E-state index contributed by atoms with van der Waals surface area (Å²) in [5, 5.41) is 9.67. The van der Waals surface area contributed by atoms with E-state index in [0.717, 1.165) is 13.0 Å². The van der Waals surface area contributed by atoms with Crippen molar-refractivity contribution >= 4 is 11.9 Å². The third kappa shape index (κ3) is 4.08. The average Bonchev–Trinajstić information content (AvgIpc) is 2.68. The highest BCUT2D eigenvalue weighted by Crippen LogP contribution is 2.24. The van der Waals surface area contributed by atoms with E-state index < -0.39 is 12.0 Å². The molecule has 0 aliphatic carbocycles. The number of rotatable bonds is 5. The highest BCUT2D eigenvalue weighted by molar-refractivity contribution is 5.96. The smallest absolute Gasteiger partial charge is 0.326 e. The lowest BCUT2D eigenvalue weighted by molar-refractivity contribution is -0.144. The Bertz CT molecular complexity index is 751. The second kappa shape index (κ2) is 8.10. The Morgan fingerprint density at radius 1 is 1.23 bits per heavy atom. The van der Waals surface area contributed by atoms with Crippen molar-refractivity contribution in [1.82, 2.24) is 14.8 Å². The molecule has 1 N–H and O–H groups in total. The molecule has 1 aromatic carbocycles. The number of aromatic nitrogens is 1. The van der Waals surface area contributed by atoms with Crippen LogP contribution in [0.5, 0.6) is 0 Å². The van der Waals surface area contributed by atoms with Gasteiger partial charge in [0.2, 0.25) is 0 Å². The number of carboxylic acid groups (broad SMARTS) is 1. The topological polar surface area (TPSA) is 73.7 Å². The lowest BCUT2D eigenvalue weighted by atomic mass is 9.95. The zero-order valence-electron chi connectivity index (χ0n) is 14.8. The fourth-order valence-corrected chi connectivity index (χ4v) is 3.48. The number of nitrogens with zero attached hydrogens (tertiary/aromatic N) is 3. The number of carboxylic acids is 1. The normalized spacial score (nSPS) is 20.2. The highest BCUT2D eigenvalue weighted by atomic mass is 16.4. The first-order chi connectivity index (χ1) is 12.6. The maximum atomic E-state index is 12.7. The van der Waals surface area contributed by atoms with Gasteiger partial charge in [-0.1, -0.05) is 30.3 Å². The minimum atomic E-state index is -0.958. The minimum absolute atomic E-state index is 0.120. The summed E-state index contributed by atoms with van der Waals surface area (Å²) < 4.78 is 0. The van der Waals surface area contributed by atoms with Crippen molar-refractivity contribution in [2.24, 2.45) is 0 Å². The number of amides is 1. The molecule has 2 aromatic rings. The van der Waals surface area contributed by atoms with Crippen LogP contribution in [0.25, 0.3) is 0 Å². The van der Waals surface area contributed by atoms with Crippen LogP contribution < -0.4 is 0 Å². The molecule has 26 heavy (non-hydrogen) atoms. The van der Waals surface area contributed by atoms with Crippen LogP contribution in [-0.2, 0) is 11.3 Å². The number of hydrogen-bond donors (Lipinski definition) is 1. The summed E-state index contributed by atoms with van der Waals surface area (Å²) in [5.41, 5.74) is 1.62. The highest BCUT2D eigenvalue weighted by Gasteiger charge is 2.37. The van der Waals surface area contributed by atoms with Crippen LogP contribution in [0.15, 0.2) is 54.9 Å². The van der Waals surface area contributed by atoms with E-state index in [1.807, 2.05) is 25.2 Å². The summed E-state index contributed by atoms with van der Waals surface area (Å²) >= 11 is 0. The van der Waals surface area contributed by atoms with Crippen LogP contribution in [-0.4, -0.2) is 57.4 Å². The van der Waals surface area contributed by atoms with Gasteiger partial charge < -0.3 is 10.0 Å². The van der Waals surface area contributed by atoms with Crippen LogP contribution >= 0.6 is 0 Å². The van der Waals surface area contributed by atoms with Crippen LogP contribution in [0.3, 0.4) is 0 Å². The van der Waals surface area contributed by atoms with E-state index >= 15 is 0 Å². The van der Waals surface area contributed by atoms with Crippen molar-refractivity contribution in [2.75, 3.05) is 13.6 Å². The minimum Gasteiger partial charge on any atom is -0.480 e. The van der Waals surface area contributed by atoms with E-state index in [4.69, 9.17) is 0 Å². The predicted molar refractivity (Wildman–Crippen MR) is 97.6 cm³/mol. The molecule has 0 saturated carbocycles. The molecular weight excluding hydrogens is 330 g/mol. The standard InChI is InChI=1S/C20H23N3O3/c1-22(14-15-6-3-2-4-7-15)17-9-11-23(18(12-17)20(25)26)19(24)16-8-5-10-21-13-16/h2-8,10,13,17-18H,9,11-12,14H2,1H3,(H,25,26)/t17-,18-/m0/s1. The van der Waals surface area contributed by atoms with Crippen LogP contribution in [0, 0.1) is 0 Å². The molecule has 1 aliphatic rings. The quantitative estimate of drug-likeness (QED) is 0.893. The number of pyridine rings is 1.